The second kappa shape index (κ2) is 4.75. The Morgan fingerprint density at radius 1 is 1.50 bits per heavy atom. The van der Waals surface area contributed by atoms with Crippen LogP contribution in [0.15, 0.2) is 0 Å². The van der Waals surface area contributed by atoms with Gasteiger partial charge in [-0.1, -0.05) is 0 Å². The molecule has 82 valence electrons. The van der Waals surface area contributed by atoms with E-state index in [9.17, 15) is 4.79 Å². The summed E-state index contributed by atoms with van der Waals surface area (Å²) in [6.07, 6.45) is 0. The topological polar surface area (TPSA) is 32.8 Å². The summed E-state index contributed by atoms with van der Waals surface area (Å²) in [6, 6.07) is 0.298. The van der Waals surface area contributed by atoms with Crippen LogP contribution < -0.4 is 0 Å². The van der Waals surface area contributed by atoms with E-state index in [2.05, 4.69) is 23.8 Å². The summed E-state index contributed by atoms with van der Waals surface area (Å²) in [6.45, 7) is 7.03. The predicted octanol–water partition coefficient (Wildman–Crippen LogP) is 0.184. The Hall–Kier alpha value is -0.610. The van der Waals surface area contributed by atoms with Gasteiger partial charge in [0.05, 0.1) is 7.11 Å². The van der Waals surface area contributed by atoms with Crippen LogP contribution in [0.3, 0.4) is 0 Å². The lowest BCUT2D eigenvalue weighted by Crippen LogP contribution is -2.55. The maximum absolute atomic E-state index is 11.4. The molecule has 0 bridgehead atoms. The van der Waals surface area contributed by atoms with E-state index in [0.717, 1.165) is 19.6 Å². The van der Waals surface area contributed by atoms with Gasteiger partial charge in [-0.25, -0.2) is 0 Å². The van der Waals surface area contributed by atoms with Gasteiger partial charge in [0.2, 0.25) is 0 Å². The molecule has 1 rings (SSSR count). The summed E-state index contributed by atoms with van der Waals surface area (Å²) < 4.78 is 4.75. The minimum atomic E-state index is -0.138. The van der Waals surface area contributed by atoms with Crippen LogP contribution in [0, 0.1) is 0 Å². The maximum Gasteiger partial charge on any atom is 0.322 e. The summed E-state index contributed by atoms with van der Waals surface area (Å²) >= 11 is 0. The highest BCUT2D eigenvalue weighted by molar-refractivity contribution is 5.75. The first kappa shape index (κ1) is 11.5. The van der Waals surface area contributed by atoms with Crippen molar-refractivity contribution in [3.63, 3.8) is 0 Å². The van der Waals surface area contributed by atoms with Crippen molar-refractivity contribution in [2.24, 2.45) is 0 Å². The molecule has 0 amide bonds. The fourth-order valence-corrected chi connectivity index (χ4v) is 2.04. The van der Waals surface area contributed by atoms with Crippen LogP contribution in [0.2, 0.25) is 0 Å². The molecule has 0 aromatic carbocycles. The zero-order valence-corrected chi connectivity index (χ0v) is 9.49. The lowest BCUT2D eigenvalue weighted by atomic mass is 10.1. The Balaban J connectivity index is 2.55. The third kappa shape index (κ3) is 2.45. The number of rotatable bonds is 2. The van der Waals surface area contributed by atoms with E-state index >= 15 is 0 Å². The molecule has 0 radical (unpaired) electrons. The van der Waals surface area contributed by atoms with Crippen LogP contribution in [-0.4, -0.2) is 61.6 Å². The molecule has 0 spiro atoms. The van der Waals surface area contributed by atoms with E-state index in [0.29, 0.717) is 6.04 Å². The number of carbonyl (C=O) groups excluding carboxylic acids is 1. The van der Waals surface area contributed by atoms with Crippen molar-refractivity contribution in [1.29, 1.82) is 0 Å². The van der Waals surface area contributed by atoms with Gasteiger partial charge in [0.15, 0.2) is 0 Å². The van der Waals surface area contributed by atoms with Crippen LogP contribution in [0.1, 0.15) is 13.8 Å². The van der Waals surface area contributed by atoms with Gasteiger partial charge >= 0.3 is 5.97 Å². The third-order valence-electron chi connectivity index (χ3n) is 2.92. The van der Waals surface area contributed by atoms with Gasteiger partial charge < -0.3 is 9.64 Å². The van der Waals surface area contributed by atoms with Crippen LogP contribution in [0.4, 0.5) is 0 Å². The molecule has 0 aromatic rings. The van der Waals surface area contributed by atoms with Gasteiger partial charge in [-0.2, -0.15) is 0 Å². The van der Waals surface area contributed by atoms with E-state index < -0.39 is 0 Å². The summed E-state index contributed by atoms with van der Waals surface area (Å²) in [5.41, 5.74) is 0. The number of ether oxygens (including phenoxy) is 1. The minimum absolute atomic E-state index is 0.122. The molecule has 1 saturated heterocycles. The van der Waals surface area contributed by atoms with Crippen LogP contribution in [0.25, 0.3) is 0 Å². The van der Waals surface area contributed by atoms with E-state index in [1.807, 2.05) is 6.92 Å². The average molecular weight is 200 g/mol. The third-order valence-corrected chi connectivity index (χ3v) is 2.92. The van der Waals surface area contributed by atoms with Crippen molar-refractivity contribution in [1.82, 2.24) is 9.80 Å². The highest BCUT2D eigenvalue weighted by Gasteiger charge is 2.29. The normalized spacial score (nSPS) is 27.3. The fourth-order valence-electron chi connectivity index (χ4n) is 2.04. The van der Waals surface area contributed by atoms with Crippen molar-refractivity contribution in [3.8, 4) is 0 Å². The number of hydrogen-bond donors (Lipinski definition) is 0. The van der Waals surface area contributed by atoms with Crippen LogP contribution in [-0.2, 0) is 9.53 Å². The summed E-state index contributed by atoms with van der Waals surface area (Å²) in [5, 5.41) is 0. The van der Waals surface area contributed by atoms with Crippen LogP contribution >= 0.6 is 0 Å². The summed E-state index contributed by atoms with van der Waals surface area (Å²) in [7, 11) is 3.55. The maximum atomic E-state index is 11.4. The lowest BCUT2D eigenvalue weighted by molar-refractivity contribution is -0.148. The SMILES string of the molecule is COC(=O)[C@@H](C)N1CCN(C)C[C@H]1C. The molecule has 0 aliphatic carbocycles. The number of esters is 1. The molecular formula is C10H20N2O2. The van der Waals surface area contributed by atoms with Crippen molar-refractivity contribution >= 4 is 5.97 Å². The van der Waals surface area contributed by atoms with Crippen molar-refractivity contribution in [2.45, 2.75) is 25.9 Å². The van der Waals surface area contributed by atoms with Crippen molar-refractivity contribution < 1.29 is 9.53 Å². The smallest absolute Gasteiger partial charge is 0.322 e. The molecular weight excluding hydrogens is 180 g/mol. The summed E-state index contributed by atoms with van der Waals surface area (Å²) in [4.78, 5) is 15.8. The van der Waals surface area contributed by atoms with E-state index in [1.54, 1.807) is 0 Å². The summed E-state index contributed by atoms with van der Waals surface area (Å²) in [5.74, 6) is -0.138. The molecule has 4 nitrogen and oxygen atoms in total. The van der Waals surface area contributed by atoms with E-state index in [4.69, 9.17) is 4.74 Å². The minimum Gasteiger partial charge on any atom is -0.468 e. The number of likely N-dealkylation sites (N-methyl/N-ethyl adjacent to an activating group) is 1. The molecule has 0 saturated carbocycles. The van der Waals surface area contributed by atoms with Crippen LogP contribution in [0.5, 0.6) is 0 Å². The number of nitrogens with zero attached hydrogens (tertiary/aromatic N) is 2. The molecule has 0 unspecified atom stereocenters. The van der Waals surface area contributed by atoms with Gasteiger partial charge in [-0.05, 0) is 20.9 Å². The second-order valence-corrected chi connectivity index (χ2v) is 4.05. The van der Waals surface area contributed by atoms with Gasteiger partial charge in [-0.15, -0.1) is 0 Å². The van der Waals surface area contributed by atoms with Gasteiger partial charge in [-0.3, -0.25) is 9.69 Å². The second-order valence-electron chi connectivity index (χ2n) is 4.05. The Labute approximate surface area is 85.8 Å². The van der Waals surface area contributed by atoms with Gasteiger partial charge in [0, 0.05) is 25.7 Å². The molecule has 4 heteroatoms. The fraction of sp³-hybridized carbons (Fsp3) is 0.900. The Bertz CT molecular complexity index is 208. The zero-order valence-electron chi connectivity index (χ0n) is 9.49. The first-order chi connectivity index (χ1) is 6.56. The quantitative estimate of drug-likeness (QED) is 0.595. The monoisotopic (exact) mass is 200 g/mol. The van der Waals surface area contributed by atoms with Crippen molar-refractivity contribution in [3.05, 3.63) is 0 Å². The van der Waals surface area contributed by atoms with Gasteiger partial charge in [0.1, 0.15) is 6.04 Å². The molecule has 0 N–H and O–H groups in total. The highest BCUT2D eigenvalue weighted by atomic mass is 16.5. The first-order valence-corrected chi connectivity index (χ1v) is 5.08. The predicted molar refractivity (Wildman–Crippen MR) is 55.1 cm³/mol. The molecule has 1 aliphatic heterocycles. The zero-order chi connectivity index (χ0) is 10.7. The molecule has 1 aliphatic rings. The largest absolute Gasteiger partial charge is 0.468 e. The first-order valence-electron chi connectivity index (χ1n) is 5.08. The van der Waals surface area contributed by atoms with E-state index in [-0.39, 0.29) is 12.0 Å². The highest BCUT2D eigenvalue weighted by Crippen LogP contribution is 2.12. The number of carbonyl (C=O) groups is 1. The Morgan fingerprint density at radius 3 is 2.64 bits per heavy atom. The molecule has 0 aromatic heterocycles. The Kier molecular flexibility index (Phi) is 3.89. The van der Waals surface area contributed by atoms with Gasteiger partial charge in [0.25, 0.3) is 0 Å². The number of hydrogen-bond acceptors (Lipinski definition) is 4. The molecule has 2 atom stereocenters. The lowest BCUT2D eigenvalue weighted by Gasteiger charge is -2.40. The standard InChI is InChI=1S/C10H20N2O2/c1-8-7-11(3)5-6-12(8)9(2)10(13)14-4/h8-9H,5-7H2,1-4H3/t8-,9-/m1/s1. The number of methoxy groups -OCH3 is 1. The Morgan fingerprint density at radius 2 is 2.14 bits per heavy atom. The molecule has 14 heavy (non-hydrogen) atoms. The number of piperazine rings is 1. The molecule has 1 heterocycles. The van der Waals surface area contributed by atoms with Crippen molar-refractivity contribution in [2.75, 3.05) is 33.8 Å². The van der Waals surface area contributed by atoms with E-state index in [1.165, 1.54) is 7.11 Å². The average Bonchev–Trinajstić information content (AvgIpc) is 2.15. The molecule has 1 fully saturated rings.